The van der Waals surface area contributed by atoms with Crippen molar-refractivity contribution in [3.8, 4) is 0 Å². The maximum atomic E-state index is 5.54. The van der Waals surface area contributed by atoms with Gasteiger partial charge in [0.1, 0.15) is 18.0 Å². The van der Waals surface area contributed by atoms with Crippen LogP contribution in [0, 0.1) is 0 Å². The van der Waals surface area contributed by atoms with E-state index in [2.05, 4.69) is 41.1 Å². The summed E-state index contributed by atoms with van der Waals surface area (Å²) in [5.41, 5.74) is 5.54. The molecule has 0 aliphatic rings. The molecule has 0 saturated heterocycles. The first-order valence-electron chi connectivity index (χ1n) is 5.11. The third-order valence-corrected chi connectivity index (χ3v) is 2.34. The highest BCUT2D eigenvalue weighted by Crippen LogP contribution is 2.04. The summed E-state index contributed by atoms with van der Waals surface area (Å²) in [6, 6.07) is 2.29. The summed E-state index contributed by atoms with van der Waals surface area (Å²) in [6.07, 6.45) is 1.46. The molecule has 5 heteroatoms. The van der Waals surface area contributed by atoms with Gasteiger partial charge in [-0.3, -0.25) is 0 Å². The minimum absolute atomic E-state index is 0.490. The van der Waals surface area contributed by atoms with E-state index in [-0.39, 0.29) is 0 Å². The zero-order chi connectivity index (χ0) is 11.3. The van der Waals surface area contributed by atoms with Crippen LogP contribution in [0.2, 0.25) is 0 Å². The van der Waals surface area contributed by atoms with Gasteiger partial charge in [-0.25, -0.2) is 9.97 Å². The molecule has 0 saturated carbocycles. The molecule has 1 rings (SSSR count). The molecule has 1 aromatic heterocycles. The number of rotatable bonds is 5. The molecule has 0 aliphatic carbocycles. The van der Waals surface area contributed by atoms with Gasteiger partial charge in [0.25, 0.3) is 0 Å². The number of nitrogen functional groups attached to an aromatic ring is 1. The Morgan fingerprint density at radius 3 is 2.80 bits per heavy atom. The normalized spacial score (nSPS) is 11.0. The predicted molar refractivity (Wildman–Crippen MR) is 62.7 cm³/mol. The number of aromatic nitrogens is 2. The molecule has 0 spiro atoms. The van der Waals surface area contributed by atoms with Gasteiger partial charge in [-0.05, 0) is 20.9 Å². The van der Waals surface area contributed by atoms with Crippen LogP contribution in [0.5, 0.6) is 0 Å². The molecular formula is C10H19N5. The molecule has 5 nitrogen and oxygen atoms in total. The molecule has 1 heterocycles. The summed E-state index contributed by atoms with van der Waals surface area (Å²) in [5.74, 6) is 1.27. The Morgan fingerprint density at radius 2 is 2.20 bits per heavy atom. The lowest BCUT2D eigenvalue weighted by molar-refractivity contribution is 0.284. The number of hydrogen-bond donors (Lipinski definition) is 2. The van der Waals surface area contributed by atoms with Gasteiger partial charge in [0.2, 0.25) is 0 Å². The van der Waals surface area contributed by atoms with Gasteiger partial charge in [-0.1, -0.05) is 0 Å². The SMILES string of the molecule is CC(C)N(C)CCNc1cc(N)ncn1. The van der Waals surface area contributed by atoms with Gasteiger partial charge in [0.15, 0.2) is 0 Å². The highest BCUT2D eigenvalue weighted by atomic mass is 15.1. The summed E-state index contributed by atoms with van der Waals surface area (Å²) in [4.78, 5) is 10.1. The molecule has 0 bridgehead atoms. The van der Waals surface area contributed by atoms with Crippen molar-refractivity contribution in [1.82, 2.24) is 14.9 Å². The summed E-state index contributed by atoms with van der Waals surface area (Å²) >= 11 is 0. The molecule has 0 amide bonds. The third-order valence-electron chi connectivity index (χ3n) is 2.34. The van der Waals surface area contributed by atoms with Gasteiger partial charge < -0.3 is 16.0 Å². The smallest absolute Gasteiger partial charge is 0.131 e. The minimum atomic E-state index is 0.490. The van der Waals surface area contributed by atoms with Crippen molar-refractivity contribution in [3.63, 3.8) is 0 Å². The molecule has 0 aliphatic heterocycles. The zero-order valence-corrected chi connectivity index (χ0v) is 9.57. The predicted octanol–water partition coefficient (Wildman–Crippen LogP) is 0.811. The van der Waals surface area contributed by atoms with Gasteiger partial charge in [0, 0.05) is 25.2 Å². The summed E-state index contributed by atoms with van der Waals surface area (Å²) in [6.45, 7) is 6.16. The Hall–Kier alpha value is -1.36. The maximum absolute atomic E-state index is 5.54. The summed E-state index contributed by atoms with van der Waals surface area (Å²) in [7, 11) is 2.10. The lowest BCUT2D eigenvalue weighted by Crippen LogP contribution is -2.31. The first kappa shape index (κ1) is 11.7. The average molecular weight is 209 g/mol. The monoisotopic (exact) mass is 209 g/mol. The summed E-state index contributed by atoms with van der Waals surface area (Å²) < 4.78 is 0. The maximum Gasteiger partial charge on any atom is 0.131 e. The zero-order valence-electron chi connectivity index (χ0n) is 9.57. The van der Waals surface area contributed by atoms with E-state index < -0.39 is 0 Å². The van der Waals surface area contributed by atoms with Crippen LogP contribution in [0.15, 0.2) is 12.4 Å². The molecule has 84 valence electrons. The number of nitrogens with one attached hydrogen (secondary N) is 1. The van der Waals surface area contributed by atoms with Crippen molar-refractivity contribution in [1.29, 1.82) is 0 Å². The van der Waals surface area contributed by atoms with Crippen LogP contribution in [-0.4, -0.2) is 41.0 Å². The number of anilines is 2. The Bertz CT molecular complexity index is 300. The van der Waals surface area contributed by atoms with E-state index in [1.54, 1.807) is 6.07 Å². The molecule has 0 radical (unpaired) electrons. The van der Waals surface area contributed by atoms with Crippen LogP contribution in [0.25, 0.3) is 0 Å². The number of likely N-dealkylation sites (N-methyl/N-ethyl adjacent to an activating group) is 1. The van der Waals surface area contributed by atoms with Gasteiger partial charge in [0.05, 0.1) is 0 Å². The minimum Gasteiger partial charge on any atom is -0.384 e. The lowest BCUT2D eigenvalue weighted by Gasteiger charge is -2.20. The van der Waals surface area contributed by atoms with Crippen LogP contribution in [0.4, 0.5) is 11.6 Å². The van der Waals surface area contributed by atoms with Crippen molar-refractivity contribution >= 4 is 11.6 Å². The number of nitrogens with zero attached hydrogens (tertiary/aromatic N) is 3. The van der Waals surface area contributed by atoms with E-state index in [0.717, 1.165) is 18.9 Å². The third kappa shape index (κ3) is 4.12. The fourth-order valence-corrected chi connectivity index (χ4v) is 1.09. The van der Waals surface area contributed by atoms with Crippen LogP contribution in [0.3, 0.4) is 0 Å². The number of hydrogen-bond acceptors (Lipinski definition) is 5. The van der Waals surface area contributed by atoms with Crippen LogP contribution in [0.1, 0.15) is 13.8 Å². The average Bonchev–Trinajstić information content (AvgIpc) is 2.17. The van der Waals surface area contributed by atoms with Gasteiger partial charge >= 0.3 is 0 Å². The van der Waals surface area contributed by atoms with Crippen molar-refractivity contribution in [2.75, 3.05) is 31.2 Å². The lowest BCUT2D eigenvalue weighted by atomic mass is 10.3. The van der Waals surface area contributed by atoms with E-state index >= 15 is 0 Å². The Labute approximate surface area is 90.7 Å². The molecule has 3 N–H and O–H groups in total. The van der Waals surface area contributed by atoms with Crippen molar-refractivity contribution in [2.45, 2.75) is 19.9 Å². The van der Waals surface area contributed by atoms with Gasteiger partial charge in [-0.2, -0.15) is 0 Å². The molecule has 0 unspecified atom stereocenters. The van der Waals surface area contributed by atoms with Crippen LogP contribution >= 0.6 is 0 Å². The van der Waals surface area contributed by atoms with Crippen molar-refractivity contribution in [2.24, 2.45) is 0 Å². The Kier molecular flexibility index (Phi) is 4.30. The van der Waals surface area contributed by atoms with Gasteiger partial charge in [-0.15, -0.1) is 0 Å². The van der Waals surface area contributed by atoms with Crippen LogP contribution in [-0.2, 0) is 0 Å². The second kappa shape index (κ2) is 5.50. The van der Waals surface area contributed by atoms with E-state index in [1.165, 1.54) is 6.33 Å². The molecule has 1 aromatic rings. The first-order chi connectivity index (χ1) is 7.09. The van der Waals surface area contributed by atoms with E-state index in [9.17, 15) is 0 Å². The van der Waals surface area contributed by atoms with E-state index in [4.69, 9.17) is 5.73 Å². The van der Waals surface area contributed by atoms with Crippen molar-refractivity contribution < 1.29 is 0 Å². The second-order valence-electron chi connectivity index (χ2n) is 3.83. The summed E-state index contributed by atoms with van der Waals surface area (Å²) in [5, 5.41) is 3.20. The second-order valence-corrected chi connectivity index (χ2v) is 3.83. The fraction of sp³-hybridized carbons (Fsp3) is 0.600. The van der Waals surface area contributed by atoms with E-state index in [1.807, 2.05) is 0 Å². The highest BCUT2D eigenvalue weighted by molar-refractivity contribution is 5.43. The largest absolute Gasteiger partial charge is 0.384 e. The standard InChI is InChI=1S/C10H19N5/c1-8(2)15(3)5-4-12-10-6-9(11)13-7-14-10/h6-8H,4-5H2,1-3H3,(H3,11,12,13,14). The topological polar surface area (TPSA) is 67.1 Å². The number of nitrogens with two attached hydrogens (primary N) is 1. The fourth-order valence-electron chi connectivity index (χ4n) is 1.09. The van der Waals surface area contributed by atoms with Crippen molar-refractivity contribution in [3.05, 3.63) is 12.4 Å². The molecule has 15 heavy (non-hydrogen) atoms. The van der Waals surface area contributed by atoms with Crippen LogP contribution < -0.4 is 11.1 Å². The molecule has 0 atom stereocenters. The molecular weight excluding hydrogens is 190 g/mol. The molecule has 0 fully saturated rings. The quantitative estimate of drug-likeness (QED) is 0.751. The van der Waals surface area contributed by atoms with E-state index in [0.29, 0.717) is 11.9 Å². The molecule has 0 aromatic carbocycles. The Balaban J connectivity index is 2.32. The first-order valence-corrected chi connectivity index (χ1v) is 5.11. The Morgan fingerprint density at radius 1 is 1.47 bits per heavy atom. The highest BCUT2D eigenvalue weighted by Gasteiger charge is 2.02.